The van der Waals surface area contributed by atoms with Crippen LogP contribution >= 0.6 is 0 Å². The van der Waals surface area contributed by atoms with Crippen molar-refractivity contribution in [2.24, 2.45) is 0 Å². The Hall–Kier alpha value is -0.920. The Morgan fingerprint density at radius 3 is 0.765 bits per heavy atom. The second-order valence-electron chi connectivity index (χ2n) is 2.42. The highest BCUT2D eigenvalue weighted by Crippen LogP contribution is 1.87. The fraction of sp³-hybridized carbons (Fsp3) is 0.600. The van der Waals surface area contributed by atoms with E-state index >= 15 is 0 Å². The molecule has 0 radical (unpaired) electrons. The number of allylic oxidation sites excluding steroid dienone is 6. The SMILES string of the molecule is C.C.C.C/C=C(\C)F.C/C=C(\C)F.C/C=C\C. The molecule has 17 heavy (non-hydrogen) atoms. The molecule has 0 unspecified atom stereocenters. The van der Waals surface area contributed by atoms with Crippen molar-refractivity contribution in [1.29, 1.82) is 0 Å². The monoisotopic (exact) mass is 252 g/mol. The van der Waals surface area contributed by atoms with E-state index in [1.54, 1.807) is 13.8 Å². The molecule has 0 heterocycles. The van der Waals surface area contributed by atoms with Gasteiger partial charge in [0.25, 0.3) is 0 Å². The molecule has 108 valence electrons. The van der Waals surface area contributed by atoms with E-state index in [4.69, 9.17) is 0 Å². The Labute approximate surface area is 109 Å². The highest BCUT2D eigenvalue weighted by atomic mass is 19.1. The summed E-state index contributed by atoms with van der Waals surface area (Å²) in [6.07, 6.45) is 6.83. The number of hydrogen-bond acceptors (Lipinski definition) is 0. The van der Waals surface area contributed by atoms with Crippen LogP contribution in [0.5, 0.6) is 0 Å². The molecular weight excluding hydrogens is 218 g/mol. The predicted octanol–water partition coefficient (Wildman–Crippen LogP) is 7.25. The molecule has 2 heteroatoms. The van der Waals surface area contributed by atoms with Gasteiger partial charge < -0.3 is 0 Å². The third-order valence-electron chi connectivity index (χ3n) is 1.13. The minimum Gasteiger partial charge on any atom is -0.213 e. The van der Waals surface area contributed by atoms with E-state index in [9.17, 15) is 8.78 Å². The van der Waals surface area contributed by atoms with E-state index < -0.39 is 0 Å². The Kier molecular flexibility index (Phi) is 76.8. The van der Waals surface area contributed by atoms with E-state index in [0.29, 0.717) is 0 Å². The van der Waals surface area contributed by atoms with Gasteiger partial charge in [-0.2, -0.15) is 0 Å². The zero-order valence-corrected chi connectivity index (χ0v) is 10.1. The molecule has 0 aromatic heterocycles. The van der Waals surface area contributed by atoms with Gasteiger partial charge in [-0.25, -0.2) is 8.78 Å². The maximum atomic E-state index is 11.3. The third-order valence-corrected chi connectivity index (χ3v) is 1.13. The van der Waals surface area contributed by atoms with Gasteiger partial charge in [-0.05, 0) is 41.5 Å². The first-order chi connectivity index (χ1) is 6.45. The van der Waals surface area contributed by atoms with Crippen molar-refractivity contribution in [3.63, 3.8) is 0 Å². The van der Waals surface area contributed by atoms with Crippen molar-refractivity contribution in [2.45, 2.75) is 63.8 Å². The summed E-state index contributed by atoms with van der Waals surface area (Å²) in [6.45, 7) is 10.2. The summed E-state index contributed by atoms with van der Waals surface area (Å²) in [5.74, 6) is -0.241. The summed E-state index contributed by atoms with van der Waals surface area (Å²) in [4.78, 5) is 0. The van der Waals surface area contributed by atoms with Gasteiger partial charge in [0.2, 0.25) is 0 Å². The Morgan fingerprint density at radius 2 is 0.765 bits per heavy atom. The summed E-state index contributed by atoms with van der Waals surface area (Å²) in [6, 6.07) is 0. The largest absolute Gasteiger partial charge is 0.213 e. The van der Waals surface area contributed by atoms with Crippen molar-refractivity contribution in [3.05, 3.63) is 36.0 Å². The fourth-order valence-corrected chi connectivity index (χ4v) is 0. The molecule has 0 aromatic carbocycles. The smallest absolute Gasteiger partial charge is 0.0926 e. The molecule has 0 N–H and O–H groups in total. The van der Waals surface area contributed by atoms with Gasteiger partial charge in [0.05, 0.1) is 11.7 Å². The molecular formula is C15H34F2. The van der Waals surface area contributed by atoms with E-state index in [1.807, 2.05) is 26.0 Å². The summed E-state index contributed by atoms with van der Waals surface area (Å²) < 4.78 is 22.6. The Balaban J connectivity index is -0.0000000247. The highest BCUT2D eigenvalue weighted by molar-refractivity contribution is 4.81. The van der Waals surface area contributed by atoms with Crippen molar-refractivity contribution in [1.82, 2.24) is 0 Å². The molecule has 0 aliphatic rings. The van der Waals surface area contributed by atoms with Crippen molar-refractivity contribution in [3.8, 4) is 0 Å². The molecule has 0 aliphatic carbocycles. The molecule has 0 atom stereocenters. The second-order valence-corrected chi connectivity index (χ2v) is 2.42. The van der Waals surface area contributed by atoms with Crippen molar-refractivity contribution in [2.75, 3.05) is 0 Å². The first-order valence-corrected chi connectivity index (χ1v) is 4.60. The molecule has 0 nitrogen and oxygen atoms in total. The average molecular weight is 252 g/mol. The second kappa shape index (κ2) is 36.3. The standard InChI is InChI=1S/2C4H7F.C4H8.3CH4/c2*1-3-4(2)5;1-3-4-2;;;/h2*3H,1-2H3;3-4H,1-2H3;3*1H4/b2*4-3+;4-3-;;;. The van der Waals surface area contributed by atoms with Gasteiger partial charge >= 0.3 is 0 Å². The van der Waals surface area contributed by atoms with Crippen LogP contribution in [0, 0.1) is 0 Å². The van der Waals surface area contributed by atoms with Crippen LogP contribution in [-0.2, 0) is 0 Å². The lowest BCUT2D eigenvalue weighted by Crippen LogP contribution is -1.48. The Bertz CT molecular complexity index is 149. The lowest BCUT2D eigenvalue weighted by atomic mass is 10.6. The minimum atomic E-state index is -0.120. The topological polar surface area (TPSA) is 0 Å². The summed E-state index contributed by atoms with van der Waals surface area (Å²) in [7, 11) is 0. The maximum Gasteiger partial charge on any atom is 0.0926 e. The first-order valence-electron chi connectivity index (χ1n) is 4.60. The van der Waals surface area contributed by atoms with Crippen LogP contribution in [0.4, 0.5) is 8.78 Å². The first kappa shape index (κ1) is 36.0. The van der Waals surface area contributed by atoms with E-state index in [-0.39, 0.29) is 33.9 Å². The number of halogens is 2. The lowest BCUT2D eigenvalue weighted by Gasteiger charge is -1.68. The van der Waals surface area contributed by atoms with Crippen LogP contribution in [0.25, 0.3) is 0 Å². The van der Waals surface area contributed by atoms with Crippen LogP contribution in [0.1, 0.15) is 63.8 Å². The van der Waals surface area contributed by atoms with Crippen molar-refractivity contribution >= 4 is 0 Å². The molecule has 0 aromatic rings. The van der Waals surface area contributed by atoms with Gasteiger partial charge in [0.15, 0.2) is 0 Å². The molecule has 0 amide bonds. The molecule has 0 fully saturated rings. The fourth-order valence-electron chi connectivity index (χ4n) is 0. The highest BCUT2D eigenvalue weighted by Gasteiger charge is 1.67. The van der Waals surface area contributed by atoms with E-state index in [0.717, 1.165) is 0 Å². The normalized spacial score (nSPS) is 9.41. The molecule has 0 spiro atoms. The molecule has 0 saturated heterocycles. The average Bonchev–Trinajstić information content (AvgIpc) is 2.19. The van der Waals surface area contributed by atoms with E-state index in [1.165, 1.54) is 26.0 Å². The predicted molar refractivity (Wildman–Crippen MR) is 81.8 cm³/mol. The Morgan fingerprint density at radius 1 is 0.647 bits per heavy atom. The molecule has 0 rings (SSSR count). The summed E-state index contributed by atoms with van der Waals surface area (Å²) in [5.41, 5.74) is 0. The summed E-state index contributed by atoms with van der Waals surface area (Å²) >= 11 is 0. The molecule has 0 saturated carbocycles. The maximum absolute atomic E-state index is 11.3. The third kappa shape index (κ3) is 155. The minimum absolute atomic E-state index is 0. The zero-order chi connectivity index (χ0) is 12.0. The van der Waals surface area contributed by atoms with Crippen LogP contribution in [0.3, 0.4) is 0 Å². The zero-order valence-electron chi connectivity index (χ0n) is 10.1. The van der Waals surface area contributed by atoms with Crippen LogP contribution in [-0.4, -0.2) is 0 Å². The van der Waals surface area contributed by atoms with Gasteiger partial charge in [-0.1, -0.05) is 46.6 Å². The quantitative estimate of drug-likeness (QED) is 0.398. The summed E-state index contributed by atoms with van der Waals surface area (Å²) in [5, 5.41) is 0. The van der Waals surface area contributed by atoms with Gasteiger partial charge in [-0.3, -0.25) is 0 Å². The lowest BCUT2D eigenvalue weighted by molar-refractivity contribution is 0.638. The molecule has 0 bridgehead atoms. The van der Waals surface area contributed by atoms with Gasteiger partial charge in [0.1, 0.15) is 0 Å². The van der Waals surface area contributed by atoms with Crippen LogP contribution in [0.15, 0.2) is 36.0 Å². The van der Waals surface area contributed by atoms with Crippen LogP contribution < -0.4 is 0 Å². The number of hydrogen-bond donors (Lipinski definition) is 0. The van der Waals surface area contributed by atoms with E-state index in [2.05, 4.69) is 0 Å². The van der Waals surface area contributed by atoms with Gasteiger partial charge in [0, 0.05) is 0 Å². The van der Waals surface area contributed by atoms with Crippen molar-refractivity contribution < 1.29 is 8.78 Å². The number of rotatable bonds is 0. The molecule has 0 aliphatic heterocycles. The van der Waals surface area contributed by atoms with Crippen LogP contribution in [0.2, 0.25) is 0 Å². The van der Waals surface area contributed by atoms with Gasteiger partial charge in [-0.15, -0.1) is 0 Å².